The molecule has 0 rings (SSSR count). The Morgan fingerprint density at radius 2 is 1.53 bits per heavy atom. The molecule has 0 unspecified atom stereocenters. The Kier molecular flexibility index (Phi) is 13.0. The molecule has 19 heavy (non-hydrogen) atoms. The van der Waals surface area contributed by atoms with Gasteiger partial charge in [0.1, 0.15) is 0 Å². The van der Waals surface area contributed by atoms with Crippen molar-refractivity contribution in [1.29, 1.82) is 0 Å². The number of carbonyl (C=O) groups excluding carboxylic acids is 1. The zero-order chi connectivity index (χ0) is 14.3. The maximum atomic E-state index is 11.2. The number of hydrogen-bond acceptors (Lipinski definition) is 3. The zero-order valence-corrected chi connectivity index (χ0v) is 12.2. The van der Waals surface area contributed by atoms with Gasteiger partial charge in [-0.3, -0.25) is 0 Å². The van der Waals surface area contributed by atoms with Crippen molar-refractivity contribution in [3.05, 3.63) is 0 Å². The van der Waals surface area contributed by atoms with E-state index in [9.17, 15) is 4.79 Å². The van der Waals surface area contributed by atoms with Crippen molar-refractivity contribution >= 4 is 6.03 Å². The molecule has 0 saturated carbocycles. The second-order valence-electron chi connectivity index (χ2n) is 4.97. The largest absolute Gasteiger partial charge is 0.396 e. The highest BCUT2D eigenvalue weighted by molar-refractivity contribution is 5.73. The molecule has 0 aliphatic rings. The predicted molar refractivity (Wildman–Crippen MR) is 77.1 cm³/mol. The first-order valence-corrected chi connectivity index (χ1v) is 7.48. The molecule has 4 N–H and O–H groups in total. The van der Waals surface area contributed by atoms with Gasteiger partial charge in [-0.05, 0) is 19.3 Å². The summed E-state index contributed by atoms with van der Waals surface area (Å²) in [5.41, 5.74) is 0. The van der Waals surface area contributed by atoms with Gasteiger partial charge in [-0.2, -0.15) is 0 Å². The van der Waals surface area contributed by atoms with Crippen molar-refractivity contribution in [3.63, 3.8) is 0 Å². The number of aliphatic hydroxyl groups excluding tert-OH is 2. The Morgan fingerprint density at radius 3 is 2.16 bits per heavy atom. The first kappa shape index (κ1) is 18.2. The third-order valence-corrected chi connectivity index (χ3v) is 3.13. The van der Waals surface area contributed by atoms with E-state index in [-0.39, 0.29) is 25.2 Å². The van der Waals surface area contributed by atoms with Crippen LogP contribution in [0.2, 0.25) is 0 Å². The van der Waals surface area contributed by atoms with Crippen molar-refractivity contribution in [2.75, 3.05) is 26.3 Å². The van der Waals surface area contributed by atoms with Gasteiger partial charge in [-0.25, -0.2) is 4.79 Å². The van der Waals surface area contributed by atoms with Crippen LogP contribution in [0.25, 0.3) is 0 Å². The number of aliphatic hydroxyl groups is 2. The van der Waals surface area contributed by atoms with Crippen LogP contribution in [0, 0.1) is 5.92 Å². The van der Waals surface area contributed by atoms with Crippen LogP contribution < -0.4 is 10.6 Å². The van der Waals surface area contributed by atoms with E-state index in [2.05, 4.69) is 10.6 Å². The molecular weight excluding hydrogens is 244 g/mol. The average Bonchev–Trinajstić information content (AvgIpc) is 2.43. The molecular formula is C14H30N2O3. The molecule has 0 bridgehead atoms. The van der Waals surface area contributed by atoms with E-state index in [1.165, 1.54) is 0 Å². The van der Waals surface area contributed by atoms with E-state index in [1.807, 2.05) is 6.92 Å². The van der Waals surface area contributed by atoms with Crippen molar-refractivity contribution in [3.8, 4) is 0 Å². The summed E-state index contributed by atoms with van der Waals surface area (Å²) in [5.74, 6) is 0.0453. The number of rotatable bonds is 12. The van der Waals surface area contributed by atoms with E-state index in [0.717, 1.165) is 58.0 Å². The summed E-state index contributed by atoms with van der Waals surface area (Å²) in [4.78, 5) is 11.2. The summed E-state index contributed by atoms with van der Waals surface area (Å²) < 4.78 is 0. The number of urea groups is 1. The minimum Gasteiger partial charge on any atom is -0.396 e. The Bertz CT molecular complexity index is 209. The van der Waals surface area contributed by atoms with Crippen LogP contribution in [-0.4, -0.2) is 42.5 Å². The Labute approximate surface area is 116 Å². The Balaban J connectivity index is 3.20. The minimum atomic E-state index is -0.0735. The number of unbranched alkanes of at least 4 members (excludes halogenated alkanes) is 4. The summed E-state index contributed by atoms with van der Waals surface area (Å²) in [6.07, 6.45) is 7.28. The van der Waals surface area contributed by atoms with Gasteiger partial charge in [-0.15, -0.1) is 0 Å². The fourth-order valence-electron chi connectivity index (χ4n) is 1.83. The van der Waals surface area contributed by atoms with Crippen LogP contribution in [0.5, 0.6) is 0 Å². The maximum Gasteiger partial charge on any atom is 0.314 e. The average molecular weight is 274 g/mol. The maximum absolute atomic E-state index is 11.2. The third kappa shape index (κ3) is 12.0. The van der Waals surface area contributed by atoms with E-state index in [4.69, 9.17) is 10.2 Å². The normalized spacial score (nSPS) is 10.7. The molecule has 0 aliphatic heterocycles. The molecule has 0 heterocycles. The molecule has 0 aromatic heterocycles. The lowest BCUT2D eigenvalue weighted by atomic mass is 10.0. The van der Waals surface area contributed by atoms with Crippen LogP contribution in [0.3, 0.4) is 0 Å². The summed E-state index contributed by atoms with van der Waals surface area (Å²) in [5, 5.41) is 23.4. The summed E-state index contributed by atoms with van der Waals surface area (Å²) in [7, 11) is 0. The van der Waals surface area contributed by atoms with E-state index in [1.54, 1.807) is 0 Å². The Morgan fingerprint density at radius 1 is 0.947 bits per heavy atom. The number of carbonyl (C=O) groups is 1. The zero-order valence-electron chi connectivity index (χ0n) is 12.2. The van der Waals surface area contributed by atoms with Crippen molar-refractivity contribution in [1.82, 2.24) is 10.6 Å². The first-order valence-electron chi connectivity index (χ1n) is 7.48. The predicted octanol–water partition coefficient (Wildman–Crippen LogP) is 1.64. The number of hydrogen-bond donors (Lipinski definition) is 4. The molecule has 2 amide bonds. The number of nitrogens with one attached hydrogen (secondary N) is 2. The molecule has 0 radical (unpaired) electrons. The standard InChI is InChI=1S/C14H30N2O3/c1-2-9-15-14(19)16-10-7-5-3-4-6-8-13(11-17)12-18/h13,17-18H,2-12H2,1H3,(H2,15,16,19). The third-order valence-electron chi connectivity index (χ3n) is 3.13. The molecule has 114 valence electrons. The van der Waals surface area contributed by atoms with Crippen molar-refractivity contribution in [2.24, 2.45) is 5.92 Å². The second-order valence-corrected chi connectivity index (χ2v) is 4.97. The van der Waals surface area contributed by atoms with Gasteiger partial charge in [0.25, 0.3) is 0 Å². The van der Waals surface area contributed by atoms with Gasteiger partial charge < -0.3 is 20.8 Å². The molecule has 0 spiro atoms. The topological polar surface area (TPSA) is 81.6 Å². The molecule has 0 atom stereocenters. The lowest BCUT2D eigenvalue weighted by molar-refractivity contribution is 0.141. The van der Waals surface area contributed by atoms with Gasteiger partial charge in [0.05, 0.1) is 0 Å². The summed E-state index contributed by atoms with van der Waals surface area (Å²) in [6.45, 7) is 3.63. The van der Waals surface area contributed by atoms with E-state index >= 15 is 0 Å². The lowest BCUT2D eigenvalue weighted by Crippen LogP contribution is -2.36. The van der Waals surface area contributed by atoms with Crippen LogP contribution in [0.4, 0.5) is 4.79 Å². The van der Waals surface area contributed by atoms with Gasteiger partial charge in [0.15, 0.2) is 0 Å². The Hall–Kier alpha value is -0.810. The minimum absolute atomic E-state index is 0.0453. The highest BCUT2D eigenvalue weighted by Crippen LogP contribution is 2.10. The van der Waals surface area contributed by atoms with Crippen LogP contribution in [-0.2, 0) is 0 Å². The first-order chi connectivity index (χ1) is 9.24. The highest BCUT2D eigenvalue weighted by Gasteiger charge is 2.04. The summed E-state index contributed by atoms with van der Waals surface area (Å²) >= 11 is 0. The molecule has 0 aromatic carbocycles. The fraction of sp³-hybridized carbons (Fsp3) is 0.929. The molecule has 0 aromatic rings. The molecule has 5 nitrogen and oxygen atoms in total. The fourth-order valence-corrected chi connectivity index (χ4v) is 1.83. The molecule has 5 heteroatoms. The van der Waals surface area contributed by atoms with E-state index in [0.29, 0.717) is 0 Å². The van der Waals surface area contributed by atoms with Crippen LogP contribution >= 0.6 is 0 Å². The van der Waals surface area contributed by atoms with Gasteiger partial charge in [0.2, 0.25) is 0 Å². The van der Waals surface area contributed by atoms with Crippen molar-refractivity contribution in [2.45, 2.75) is 51.9 Å². The summed E-state index contributed by atoms with van der Waals surface area (Å²) in [6, 6.07) is -0.0735. The van der Waals surface area contributed by atoms with Gasteiger partial charge >= 0.3 is 6.03 Å². The van der Waals surface area contributed by atoms with Crippen LogP contribution in [0.1, 0.15) is 51.9 Å². The van der Waals surface area contributed by atoms with Crippen LogP contribution in [0.15, 0.2) is 0 Å². The van der Waals surface area contributed by atoms with Gasteiger partial charge in [-0.1, -0.05) is 32.6 Å². The molecule has 0 aliphatic carbocycles. The molecule has 0 fully saturated rings. The lowest BCUT2D eigenvalue weighted by Gasteiger charge is -2.10. The monoisotopic (exact) mass is 274 g/mol. The SMILES string of the molecule is CCCNC(=O)NCCCCCCCC(CO)CO. The van der Waals surface area contributed by atoms with Crippen molar-refractivity contribution < 1.29 is 15.0 Å². The second kappa shape index (κ2) is 13.6. The van der Waals surface area contributed by atoms with E-state index < -0.39 is 0 Å². The van der Waals surface area contributed by atoms with Gasteiger partial charge in [0, 0.05) is 32.2 Å². The molecule has 0 saturated heterocycles. The smallest absolute Gasteiger partial charge is 0.314 e. The number of amides is 2. The highest BCUT2D eigenvalue weighted by atomic mass is 16.3. The quantitative estimate of drug-likeness (QED) is 0.408.